The summed E-state index contributed by atoms with van der Waals surface area (Å²) in [6.07, 6.45) is 5.06. The molecule has 0 N–H and O–H groups in total. The Hall–Kier alpha value is -3.65. The normalized spacial score (nSPS) is 11.3. The standard InChI is InChI=1S/C23H22N4O3S/c1-18-23(17-26(25-18)20-8-4-3-5-9-20)27(16-19-7-6-14-24-15-19)31(28,29)22-12-10-21(30-2)11-13-22/h3-15,17H,16H2,1-2H3. The number of aryl methyl sites for hydroxylation is 1. The molecule has 31 heavy (non-hydrogen) atoms. The zero-order valence-electron chi connectivity index (χ0n) is 17.2. The van der Waals surface area contributed by atoms with Crippen molar-refractivity contribution >= 4 is 15.7 Å². The van der Waals surface area contributed by atoms with Gasteiger partial charge >= 0.3 is 0 Å². The van der Waals surface area contributed by atoms with E-state index in [1.807, 2.05) is 36.4 Å². The van der Waals surface area contributed by atoms with E-state index in [1.54, 1.807) is 67.6 Å². The fourth-order valence-corrected chi connectivity index (χ4v) is 4.73. The molecule has 0 bridgehead atoms. The minimum atomic E-state index is -3.87. The second kappa shape index (κ2) is 8.61. The van der Waals surface area contributed by atoms with Gasteiger partial charge in [0.1, 0.15) is 5.75 Å². The first-order valence-electron chi connectivity index (χ1n) is 9.66. The van der Waals surface area contributed by atoms with Gasteiger partial charge < -0.3 is 4.74 Å². The second-order valence-electron chi connectivity index (χ2n) is 6.93. The minimum Gasteiger partial charge on any atom is -0.497 e. The SMILES string of the molecule is COc1ccc(S(=O)(=O)N(Cc2cccnc2)c2cn(-c3ccccc3)nc2C)cc1. The van der Waals surface area contributed by atoms with Crippen LogP contribution in [0.5, 0.6) is 5.75 Å². The van der Waals surface area contributed by atoms with Gasteiger partial charge in [-0.1, -0.05) is 24.3 Å². The van der Waals surface area contributed by atoms with Crippen LogP contribution in [-0.4, -0.2) is 30.3 Å². The number of aromatic nitrogens is 3. The molecule has 4 rings (SSSR count). The number of hydrogen-bond donors (Lipinski definition) is 0. The fourth-order valence-electron chi connectivity index (χ4n) is 3.24. The Bertz CT molecular complexity index is 1260. The molecule has 0 saturated heterocycles. The molecule has 0 unspecified atom stereocenters. The van der Waals surface area contributed by atoms with Crippen molar-refractivity contribution in [3.05, 3.63) is 96.6 Å². The number of rotatable bonds is 7. The Kier molecular flexibility index (Phi) is 5.73. The van der Waals surface area contributed by atoms with Gasteiger partial charge in [-0.25, -0.2) is 13.1 Å². The Morgan fingerprint density at radius 3 is 2.39 bits per heavy atom. The van der Waals surface area contributed by atoms with Gasteiger partial charge in [0.25, 0.3) is 10.0 Å². The highest BCUT2D eigenvalue weighted by atomic mass is 32.2. The van der Waals surface area contributed by atoms with E-state index in [4.69, 9.17) is 4.74 Å². The third-order valence-corrected chi connectivity index (χ3v) is 6.63. The number of nitrogens with zero attached hydrogens (tertiary/aromatic N) is 4. The molecule has 2 heterocycles. The molecule has 0 saturated carbocycles. The summed E-state index contributed by atoms with van der Waals surface area (Å²) in [4.78, 5) is 4.30. The molecule has 0 amide bonds. The van der Waals surface area contributed by atoms with Gasteiger partial charge in [0.05, 0.1) is 41.8 Å². The Labute approximate surface area is 181 Å². The maximum Gasteiger partial charge on any atom is 0.264 e. The molecule has 7 nitrogen and oxygen atoms in total. The van der Waals surface area contributed by atoms with Gasteiger partial charge in [-0.15, -0.1) is 0 Å². The van der Waals surface area contributed by atoms with E-state index < -0.39 is 10.0 Å². The maximum atomic E-state index is 13.7. The number of ether oxygens (including phenoxy) is 1. The van der Waals surface area contributed by atoms with Crippen molar-refractivity contribution in [3.63, 3.8) is 0 Å². The largest absolute Gasteiger partial charge is 0.497 e. The second-order valence-corrected chi connectivity index (χ2v) is 8.79. The first-order chi connectivity index (χ1) is 15.0. The van der Waals surface area contributed by atoms with E-state index in [0.717, 1.165) is 11.3 Å². The summed E-state index contributed by atoms with van der Waals surface area (Å²) in [5.74, 6) is 0.589. The van der Waals surface area contributed by atoms with Crippen LogP contribution in [0.2, 0.25) is 0 Å². The summed E-state index contributed by atoms with van der Waals surface area (Å²) in [5, 5.41) is 4.55. The molecule has 0 aliphatic heterocycles. The van der Waals surface area contributed by atoms with Crippen LogP contribution >= 0.6 is 0 Å². The van der Waals surface area contributed by atoms with Gasteiger partial charge in [-0.2, -0.15) is 5.10 Å². The first kappa shape index (κ1) is 20.6. The van der Waals surface area contributed by atoms with Crippen LogP contribution in [0.25, 0.3) is 5.69 Å². The highest BCUT2D eigenvalue weighted by Crippen LogP contribution is 2.30. The highest BCUT2D eigenvalue weighted by molar-refractivity contribution is 7.92. The molecule has 8 heteroatoms. The zero-order chi connectivity index (χ0) is 21.8. The van der Waals surface area contributed by atoms with Crippen molar-refractivity contribution in [2.24, 2.45) is 0 Å². The van der Waals surface area contributed by atoms with Gasteiger partial charge in [0.2, 0.25) is 0 Å². The molecular formula is C23H22N4O3S. The Morgan fingerprint density at radius 1 is 1.00 bits per heavy atom. The molecule has 4 aromatic rings. The average molecular weight is 435 g/mol. The molecule has 0 aliphatic carbocycles. The zero-order valence-corrected chi connectivity index (χ0v) is 18.0. The minimum absolute atomic E-state index is 0.128. The van der Waals surface area contributed by atoms with E-state index in [1.165, 1.54) is 4.31 Å². The number of benzene rings is 2. The van der Waals surface area contributed by atoms with Crippen LogP contribution in [0.4, 0.5) is 5.69 Å². The summed E-state index contributed by atoms with van der Waals surface area (Å²) < 4.78 is 35.5. The summed E-state index contributed by atoms with van der Waals surface area (Å²) in [5.41, 5.74) is 2.72. The molecule has 2 aromatic heterocycles. The maximum absolute atomic E-state index is 13.7. The van der Waals surface area contributed by atoms with Crippen molar-refractivity contribution in [2.75, 3.05) is 11.4 Å². The number of para-hydroxylation sites is 1. The van der Waals surface area contributed by atoms with Crippen molar-refractivity contribution in [3.8, 4) is 11.4 Å². The van der Waals surface area contributed by atoms with E-state index in [0.29, 0.717) is 17.1 Å². The lowest BCUT2D eigenvalue weighted by atomic mass is 10.3. The van der Waals surface area contributed by atoms with Crippen LogP contribution in [-0.2, 0) is 16.6 Å². The Morgan fingerprint density at radius 2 is 1.74 bits per heavy atom. The van der Waals surface area contributed by atoms with Crippen molar-refractivity contribution in [1.82, 2.24) is 14.8 Å². The molecule has 0 fully saturated rings. The van der Waals surface area contributed by atoms with E-state index in [9.17, 15) is 8.42 Å². The highest BCUT2D eigenvalue weighted by Gasteiger charge is 2.28. The van der Waals surface area contributed by atoms with Crippen molar-refractivity contribution < 1.29 is 13.2 Å². The topological polar surface area (TPSA) is 77.3 Å². The van der Waals surface area contributed by atoms with E-state index in [2.05, 4.69) is 10.1 Å². The molecule has 158 valence electrons. The third-order valence-electron chi connectivity index (χ3n) is 4.86. The number of pyridine rings is 1. The first-order valence-corrected chi connectivity index (χ1v) is 11.1. The average Bonchev–Trinajstić information content (AvgIpc) is 3.20. The van der Waals surface area contributed by atoms with Crippen LogP contribution < -0.4 is 9.04 Å². The molecule has 0 aliphatic rings. The lowest BCUT2D eigenvalue weighted by molar-refractivity contribution is 0.414. The monoisotopic (exact) mass is 434 g/mol. The van der Waals surface area contributed by atoms with E-state index in [-0.39, 0.29) is 11.4 Å². The van der Waals surface area contributed by atoms with Gasteiger partial charge in [0.15, 0.2) is 0 Å². The third kappa shape index (κ3) is 4.29. The van der Waals surface area contributed by atoms with Crippen LogP contribution in [0.3, 0.4) is 0 Å². The predicted octanol–water partition coefficient (Wildman–Crippen LogP) is 3.98. The van der Waals surface area contributed by atoms with Gasteiger partial charge in [-0.05, 0) is 55.0 Å². The molecule has 0 atom stereocenters. The Balaban J connectivity index is 1.80. The number of methoxy groups -OCH3 is 1. The number of sulfonamides is 1. The lowest BCUT2D eigenvalue weighted by Crippen LogP contribution is -2.31. The van der Waals surface area contributed by atoms with Crippen molar-refractivity contribution in [1.29, 1.82) is 0 Å². The van der Waals surface area contributed by atoms with Crippen LogP contribution in [0.15, 0.2) is 90.2 Å². The fraction of sp³-hybridized carbons (Fsp3) is 0.130. The smallest absolute Gasteiger partial charge is 0.264 e. The van der Waals surface area contributed by atoms with Crippen molar-refractivity contribution in [2.45, 2.75) is 18.4 Å². The van der Waals surface area contributed by atoms with Crippen LogP contribution in [0.1, 0.15) is 11.3 Å². The van der Waals surface area contributed by atoms with Gasteiger partial charge in [-0.3, -0.25) is 9.29 Å². The predicted molar refractivity (Wildman–Crippen MR) is 119 cm³/mol. The molecule has 0 spiro atoms. The number of anilines is 1. The molecular weight excluding hydrogens is 412 g/mol. The summed E-state index contributed by atoms with van der Waals surface area (Å²) >= 11 is 0. The summed E-state index contributed by atoms with van der Waals surface area (Å²) in [6, 6.07) is 19.6. The van der Waals surface area contributed by atoms with Gasteiger partial charge in [0, 0.05) is 12.4 Å². The molecule has 0 radical (unpaired) electrons. The summed E-state index contributed by atoms with van der Waals surface area (Å²) in [6.45, 7) is 1.93. The molecule has 2 aromatic carbocycles. The summed E-state index contributed by atoms with van der Waals surface area (Å²) in [7, 11) is -2.33. The van der Waals surface area contributed by atoms with Crippen LogP contribution in [0, 0.1) is 6.92 Å². The van der Waals surface area contributed by atoms with E-state index >= 15 is 0 Å². The number of hydrogen-bond acceptors (Lipinski definition) is 5. The quantitative estimate of drug-likeness (QED) is 0.440. The lowest BCUT2D eigenvalue weighted by Gasteiger charge is -2.24.